The topological polar surface area (TPSA) is 70.6 Å². The maximum absolute atomic E-state index is 12.5. The van der Waals surface area contributed by atoms with Gasteiger partial charge in [-0.05, 0) is 18.6 Å². The largest absolute Gasteiger partial charge is 0.481 e. The average Bonchev–Trinajstić information content (AvgIpc) is 3.25. The van der Waals surface area contributed by atoms with E-state index >= 15 is 0 Å². The van der Waals surface area contributed by atoms with Gasteiger partial charge in [-0.25, -0.2) is 9.97 Å². The molecule has 0 aliphatic carbocycles. The van der Waals surface area contributed by atoms with Crippen LogP contribution in [0.15, 0.2) is 48.0 Å². The van der Waals surface area contributed by atoms with Gasteiger partial charge in [0.2, 0.25) is 5.88 Å². The Kier molecular flexibility index (Phi) is 6.25. The van der Waals surface area contributed by atoms with Gasteiger partial charge >= 0.3 is 0 Å². The van der Waals surface area contributed by atoms with Crippen LogP contribution in [-0.4, -0.2) is 54.1 Å². The van der Waals surface area contributed by atoms with Crippen molar-refractivity contribution in [1.82, 2.24) is 14.9 Å². The molecule has 7 nitrogen and oxygen atoms in total. The number of piperazine rings is 1. The van der Waals surface area contributed by atoms with Crippen molar-refractivity contribution in [2.45, 2.75) is 13.5 Å². The summed E-state index contributed by atoms with van der Waals surface area (Å²) in [4.78, 5) is 25.9. The van der Waals surface area contributed by atoms with Crippen molar-refractivity contribution in [2.75, 3.05) is 43.5 Å². The number of amides is 1. The third-order valence-corrected chi connectivity index (χ3v) is 5.96. The third kappa shape index (κ3) is 4.95. The lowest BCUT2D eigenvalue weighted by atomic mass is 10.1. The Bertz CT molecular complexity index is 997. The molecule has 3 heterocycles. The zero-order valence-electron chi connectivity index (χ0n) is 17.2. The van der Waals surface area contributed by atoms with Gasteiger partial charge in [-0.2, -0.15) is 0 Å². The summed E-state index contributed by atoms with van der Waals surface area (Å²) in [6, 6.07) is 12.1. The quantitative estimate of drug-likeness (QED) is 0.655. The SMILES string of the molecule is COc1ccc(NC(=O)c2csc(N3CCN(Cc4cccc(C)c4)CC3)n2)cn1. The van der Waals surface area contributed by atoms with Crippen molar-refractivity contribution in [3.8, 4) is 5.88 Å². The summed E-state index contributed by atoms with van der Waals surface area (Å²) >= 11 is 1.51. The molecular formula is C22H25N5O2S. The van der Waals surface area contributed by atoms with E-state index < -0.39 is 0 Å². The lowest BCUT2D eigenvalue weighted by molar-refractivity contribution is 0.102. The van der Waals surface area contributed by atoms with Crippen molar-refractivity contribution >= 4 is 28.1 Å². The summed E-state index contributed by atoms with van der Waals surface area (Å²) in [5, 5.41) is 5.52. The predicted octanol–water partition coefficient (Wildman–Crippen LogP) is 3.43. The summed E-state index contributed by atoms with van der Waals surface area (Å²) in [5.74, 6) is 0.271. The van der Waals surface area contributed by atoms with E-state index in [-0.39, 0.29) is 5.91 Å². The number of nitrogens with zero attached hydrogens (tertiary/aromatic N) is 4. The highest BCUT2D eigenvalue weighted by Crippen LogP contribution is 2.23. The molecule has 2 aromatic heterocycles. The molecule has 0 unspecified atom stereocenters. The number of carbonyl (C=O) groups excluding carboxylic acids is 1. The minimum Gasteiger partial charge on any atom is -0.481 e. The van der Waals surface area contributed by atoms with E-state index in [0.29, 0.717) is 17.3 Å². The molecule has 156 valence electrons. The molecule has 0 saturated carbocycles. The van der Waals surface area contributed by atoms with Crippen LogP contribution in [0.25, 0.3) is 0 Å². The molecule has 30 heavy (non-hydrogen) atoms. The number of aromatic nitrogens is 2. The second-order valence-electron chi connectivity index (χ2n) is 7.31. The number of anilines is 2. The smallest absolute Gasteiger partial charge is 0.275 e. The summed E-state index contributed by atoms with van der Waals surface area (Å²) in [5.41, 5.74) is 3.68. The van der Waals surface area contributed by atoms with Crippen LogP contribution in [0.1, 0.15) is 21.6 Å². The first-order valence-corrected chi connectivity index (χ1v) is 10.8. The Hall–Kier alpha value is -2.97. The Morgan fingerprint density at radius 3 is 2.73 bits per heavy atom. The number of benzene rings is 1. The lowest BCUT2D eigenvalue weighted by Gasteiger charge is -2.34. The van der Waals surface area contributed by atoms with Gasteiger partial charge in [-0.15, -0.1) is 11.3 Å². The second-order valence-corrected chi connectivity index (χ2v) is 8.15. The van der Waals surface area contributed by atoms with Crippen molar-refractivity contribution in [3.05, 3.63) is 64.8 Å². The summed E-state index contributed by atoms with van der Waals surface area (Å²) < 4.78 is 5.03. The monoisotopic (exact) mass is 423 g/mol. The number of ether oxygens (including phenoxy) is 1. The van der Waals surface area contributed by atoms with Crippen LogP contribution < -0.4 is 15.0 Å². The molecule has 0 spiro atoms. The van der Waals surface area contributed by atoms with Gasteiger partial charge < -0.3 is 15.0 Å². The molecule has 0 bridgehead atoms. The highest BCUT2D eigenvalue weighted by molar-refractivity contribution is 7.14. The molecule has 3 aromatic rings. The zero-order valence-corrected chi connectivity index (χ0v) is 18.0. The average molecular weight is 424 g/mol. The number of nitrogens with one attached hydrogen (secondary N) is 1. The van der Waals surface area contributed by atoms with Crippen LogP contribution in [0.2, 0.25) is 0 Å². The molecule has 1 amide bonds. The summed E-state index contributed by atoms with van der Waals surface area (Å²) in [6.07, 6.45) is 1.57. The molecular weight excluding hydrogens is 398 g/mol. The molecule has 1 N–H and O–H groups in total. The molecule has 1 fully saturated rings. The number of aryl methyl sites for hydroxylation is 1. The third-order valence-electron chi connectivity index (χ3n) is 5.06. The Labute approximate surface area is 180 Å². The van der Waals surface area contributed by atoms with Crippen LogP contribution in [0.5, 0.6) is 5.88 Å². The predicted molar refractivity (Wildman–Crippen MR) is 120 cm³/mol. The van der Waals surface area contributed by atoms with E-state index in [1.807, 2.05) is 0 Å². The van der Waals surface area contributed by atoms with Gasteiger partial charge in [-0.1, -0.05) is 29.8 Å². The molecule has 1 saturated heterocycles. The summed E-state index contributed by atoms with van der Waals surface area (Å²) in [7, 11) is 1.56. The van der Waals surface area contributed by atoms with E-state index in [1.165, 1.54) is 22.5 Å². The van der Waals surface area contributed by atoms with Gasteiger partial charge in [0.05, 0.1) is 19.0 Å². The van der Waals surface area contributed by atoms with Gasteiger partial charge in [0.1, 0.15) is 5.69 Å². The molecule has 1 aliphatic heterocycles. The molecule has 0 radical (unpaired) electrons. The van der Waals surface area contributed by atoms with Gasteiger partial charge in [-0.3, -0.25) is 9.69 Å². The molecule has 1 aromatic carbocycles. The number of carbonyl (C=O) groups is 1. The maximum Gasteiger partial charge on any atom is 0.275 e. The number of rotatable bonds is 6. The van der Waals surface area contributed by atoms with E-state index in [9.17, 15) is 4.79 Å². The highest BCUT2D eigenvalue weighted by Gasteiger charge is 2.21. The summed E-state index contributed by atoms with van der Waals surface area (Å²) in [6.45, 7) is 6.87. The van der Waals surface area contributed by atoms with E-state index in [0.717, 1.165) is 37.9 Å². The number of pyridine rings is 1. The van der Waals surface area contributed by atoms with Crippen LogP contribution in [-0.2, 0) is 6.54 Å². The Morgan fingerprint density at radius 1 is 1.20 bits per heavy atom. The van der Waals surface area contributed by atoms with Crippen LogP contribution in [0, 0.1) is 6.92 Å². The fraction of sp³-hybridized carbons (Fsp3) is 0.318. The Morgan fingerprint density at radius 2 is 2.03 bits per heavy atom. The number of hydrogen-bond acceptors (Lipinski definition) is 7. The first kappa shape index (κ1) is 20.3. The van der Waals surface area contributed by atoms with Gasteiger partial charge in [0.25, 0.3) is 5.91 Å². The van der Waals surface area contributed by atoms with Crippen molar-refractivity contribution < 1.29 is 9.53 Å². The van der Waals surface area contributed by atoms with Crippen molar-refractivity contribution in [1.29, 1.82) is 0 Å². The normalized spacial score (nSPS) is 14.5. The Balaban J connectivity index is 1.31. The molecule has 0 atom stereocenters. The van der Waals surface area contributed by atoms with Crippen molar-refractivity contribution in [2.24, 2.45) is 0 Å². The minimum atomic E-state index is -0.234. The van der Waals surface area contributed by atoms with Crippen LogP contribution in [0.4, 0.5) is 10.8 Å². The number of hydrogen-bond donors (Lipinski definition) is 1. The molecule has 1 aliphatic rings. The van der Waals surface area contributed by atoms with Gasteiger partial charge in [0, 0.05) is 44.2 Å². The highest BCUT2D eigenvalue weighted by atomic mass is 32.1. The minimum absolute atomic E-state index is 0.234. The van der Waals surface area contributed by atoms with E-state index in [1.54, 1.807) is 30.8 Å². The number of methoxy groups -OCH3 is 1. The van der Waals surface area contributed by atoms with Gasteiger partial charge in [0.15, 0.2) is 5.13 Å². The fourth-order valence-electron chi connectivity index (χ4n) is 3.45. The van der Waals surface area contributed by atoms with E-state index in [4.69, 9.17) is 4.74 Å². The fourth-order valence-corrected chi connectivity index (χ4v) is 4.31. The first-order chi connectivity index (χ1) is 14.6. The van der Waals surface area contributed by atoms with Crippen LogP contribution in [0.3, 0.4) is 0 Å². The van der Waals surface area contributed by atoms with Crippen molar-refractivity contribution in [3.63, 3.8) is 0 Å². The van der Waals surface area contributed by atoms with E-state index in [2.05, 4.69) is 56.3 Å². The second kappa shape index (κ2) is 9.23. The van der Waals surface area contributed by atoms with Crippen LogP contribution >= 0.6 is 11.3 Å². The lowest BCUT2D eigenvalue weighted by Crippen LogP contribution is -2.46. The first-order valence-electron chi connectivity index (χ1n) is 9.90. The number of thiazole rings is 1. The standard InChI is InChI=1S/C22H25N5O2S/c1-16-4-3-5-17(12-16)14-26-8-10-27(11-9-26)22-25-19(15-30-22)21(28)24-18-6-7-20(29-2)23-13-18/h3-7,12-13,15H,8-11,14H2,1-2H3,(H,24,28). The maximum atomic E-state index is 12.5. The zero-order chi connectivity index (χ0) is 20.9. The molecule has 4 rings (SSSR count). The molecule has 8 heteroatoms.